The highest BCUT2D eigenvalue weighted by Crippen LogP contribution is 2.46. The molecule has 6 heteroatoms. The number of carboxylic acids is 1. The summed E-state index contributed by atoms with van der Waals surface area (Å²) in [6, 6.07) is 0. The Bertz CT molecular complexity index is 497. The van der Waals surface area contributed by atoms with Gasteiger partial charge in [-0.1, -0.05) is 33.6 Å². The van der Waals surface area contributed by atoms with Gasteiger partial charge in [-0.25, -0.2) is 9.48 Å². The summed E-state index contributed by atoms with van der Waals surface area (Å²) in [6.45, 7) is 7.98. The normalized spacial score (nSPS) is 25.1. The molecule has 0 amide bonds. The molecular weight excluding hydrogens is 256 g/mol. The van der Waals surface area contributed by atoms with Crippen LogP contribution in [0.3, 0.4) is 0 Å². The van der Waals surface area contributed by atoms with Crippen LogP contribution in [-0.4, -0.2) is 31.3 Å². The number of aliphatic carboxylic acids is 1. The van der Waals surface area contributed by atoms with Crippen molar-refractivity contribution in [2.24, 2.45) is 5.41 Å². The minimum Gasteiger partial charge on any atom is -0.479 e. The summed E-state index contributed by atoms with van der Waals surface area (Å²) in [7, 11) is 0. The third kappa shape index (κ3) is 2.31. The van der Waals surface area contributed by atoms with Gasteiger partial charge in [0.15, 0.2) is 11.4 Å². The molecule has 1 aliphatic rings. The first-order valence-electron chi connectivity index (χ1n) is 7.35. The molecule has 6 nitrogen and oxygen atoms in total. The zero-order valence-electron chi connectivity index (χ0n) is 12.8. The van der Waals surface area contributed by atoms with E-state index in [0.29, 0.717) is 6.42 Å². The highest BCUT2D eigenvalue weighted by molar-refractivity contribution is 5.76. The lowest BCUT2D eigenvalue weighted by Gasteiger charge is -2.38. The van der Waals surface area contributed by atoms with Gasteiger partial charge >= 0.3 is 5.97 Å². The maximum absolute atomic E-state index is 11.6. The van der Waals surface area contributed by atoms with E-state index in [0.717, 1.165) is 25.1 Å². The number of nitrogens with zero attached hydrogens (tertiary/aromatic N) is 4. The molecule has 20 heavy (non-hydrogen) atoms. The van der Waals surface area contributed by atoms with Crippen LogP contribution in [0.5, 0.6) is 0 Å². The van der Waals surface area contributed by atoms with Gasteiger partial charge in [-0.05, 0) is 42.0 Å². The monoisotopic (exact) mass is 280 g/mol. The lowest BCUT2D eigenvalue weighted by atomic mass is 9.68. The molecule has 0 aromatic carbocycles. The van der Waals surface area contributed by atoms with Crippen LogP contribution in [0.2, 0.25) is 0 Å². The second-order valence-electron chi connectivity index (χ2n) is 6.67. The number of tetrazole rings is 1. The van der Waals surface area contributed by atoms with Gasteiger partial charge in [-0.3, -0.25) is 0 Å². The van der Waals surface area contributed by atoms with Gasteiger partial charge in [0.2, 0.25) is 0 Å². The maximum atomic E-state index is 11.6. The summed E-state index contributed by atoms with van der Waals surface area (Å²) in [5, 5.41) is 21.5. The van der Waals surface area contributed by atoms with E-state index in [1.54, 1.807) is 6.92 Å². The highest BCUT2D eigenvalue weighted by atomic mass is 16.4. The summed E-state index contributed by atoms with van der Waals surface area (Å²) < 4.78 is 1.53. The molecular formula is C14H24N4O2. The molecule has 1 aliphatic carbocycles. The lowest BCUT2D eigenvalue weighted by Crippen LogP contribution is -2.42. The van der Waals surface area contributed by atoms with E-state index >= 15 is 0 Å². The van der Waals surface area contributed by atoms with Gasteiger partial charge in [0, 0.05) is 5.92 Å². The van der Waals surface area contributed by atoms with E-state index in [1.165, 1.54) is 11.1 Å². The van der Waals surface area contributed by atoms with Crippen molar-refractivity contribution in [2.75, 3.05) is 0 Å². The third-order valence-electron chi connectivity index (χ3n) is 4.93. The Kier molecular flexibility index (Phi) is 3.84. The van der Waals surface area contributed by atoms with E-state index in [2.05, 4.69) is 29.4 Å². The van der Waals surface area contributed by atoms with Crippen LogP contribution < -0.4 is 0 Å². The standard InChI is InChI=1S/C14H24N4O2/c1-5-14(4,12(19)20)18-11(15-16-17-18)10-8-6-7-9-13(10,2)3/h10H,5-9H2,1-4H3,(H,19,20). The predicted molar refractivity (Wildman–Crippen MR) is 74.4 cm³/mol. The molecule has 0 radical (unpaired) electrons. The smallest absolute Gasteiger partial charge is 0.331 e. The van der Waals surface area contributed by atoms with Crippen molar-refractivity contribution < 1.29 is 9.90 Å². The van der Waals surface area contributed by atoms with Gasteiger partial charge in [0.1, 0.15) is 0 Å². The Hall–Kier alpha value is -1.46. The van der Waals surface area contributed by atoms with Crippen molar-refractivity contribution in [3.8, 4) is 0 Å². The van der Waals surface area contributed by atoms with Crippen LogP contribution in [0, 0.1) is 5.41 Å². The molecule has 0 saturated heterocycles. The van der Waals surface area contributed by atoms with Gasteiger partial charge in [0.25, 0.3) is 0 Å². The molecule has 0 aliphatic heterocycles. The highest BCUT2D eigenvalue weighted by Gasteiger charge is 2.42. The molecule has 1 N–H and O–H groups in total. The largest absolute Gasteiger partial charge is 0.479 e. The van der Waals surface area contributed by atoms with Crippen molar-refractivity contribution in [3.63, 3.8) is 0 Å². The summed E-state index contributed by atoms with van der Waals surface area (Å²) in [4.78, 5) is 11.6. The molecule has 2 atom stereocenters. The quantitative estimate of drug-likeness (QED) is 0.916. The minimum absolute atomic E-state index is 0.109. The topological polar surface area (TPSA) is 80.9 Å². The fourth-order valence-electron chi connectivity index (χ4n) is 3.13. The predicted octanol–water partition coefficient (Wildman–Crippen LogP) is 2.57. The minimum atomic E-state index is -1.08. The molecule has 112 valence electrons. The second kappa shape index (κ2) is 5.14. The Morgan fingerprint density at radius 1 is 1.50 bits per heavy atom. The number of carboxylic acid groups (broad SMARTS) is 1. The van der Waals surface area contributed by atoms with Crippen molar-refractivity contribution in [1.82, 2.24) is 20.2 Å². The first kappa shape index (κ1) is 14.9. The molecule has 1 heterocycles. The van der Waals surface area contributed by atoms with Crippen LogP contribution in [0.15, 0.2) is 0 Å². The summed E-state index contributed by atoms with van der Waals surface area (Å²) in [5.74, 6) is 0.0556. The second-order valence-corrected chi connectivity index (χ2v) is 6.67. The third-order valence-corrected chi connectivity index (χ3v) is 4.93. The van der Waals surface area contributed by atoms with E-state index in [1.807, 2.05) is 6.92 Å². The number of rotatable bonds is 4. The van der Waals surface area contributed by atoms with Crippen LogP contribution in [0.4, 0.5) is 0 Å². The van der Waals surface area contributed by atoms with E-state index in [-0.39, 0.29) is 11.3 Å². The average molecular weight is 280 g/mol. The van der Waals surface area contributed by atoms with Crippen LogP contribution in [0.1, 0.15) is 71.5 Å². The molecule has 1 aromatic heterocycles. The Morgan fingerprint density at radius 3 is 2.75 bits per heavy atom. The van der Waals surface area contributed by atoms with Crippen molar-refractivity contribution >= 4 is 5.97 Å². The Balaban J connectivity index is 2.45. The van der Waals surface area contributed by atoms with E-state index in [4.69, 9.17) is 0 Å². The number of aromatic nitrogens is 4. The lowest BCUT2D eigenvalue weighted by molar-refractivity contribution is -0.147. The number of carbonyl (C=O) groups is 1. The fraction of sp³-hybridized carbons (Fsp3) is 0.857. The van der Waals surface area contributed by atoms with Crippen molar-refractivity contribution in [2.45, 2.75) is 71.3 Å². The first-order valence-corrected chi connectivity index (χ1v) is 7.35. The fourth-order valence-corrected chi connectivity index (χ4v) is 3.13. The van der Waals surface area contributed by atoms with Gasteiger partial charge in [-0.2, -0.15) is 0 Å². The molecule has 2 rings (SSSR count). The Morgan fingerprint density at radius 2 is 2.20 bits per heavy atom. The van der Waals surface area contributed by atoms with Gasteiger partial charge < -0.3 is 5.11 Å². The Labute approximate surface area is 119 Å². The zero-order chi connectivity index (χ0) is 15.0. The van der Waals surface area contributed by atoms with Crippen molar-refractivity contribution in [1.29, 1.82) is 0 Å². The summed E-state index contributed by atoms with van der Waals surface area (Å²) >= 11 is 0. The van der Waals surface area contributed by atoms with Crippen LogP contribution in [-0.2, 0) is 10.3 Å². The maximum Gasteiger partial charge on any atom is 0.331 e. The number of hydrogen-bond acceptors (Lipinski definition) is 4. The van der Waals surface area contributed by atoms with Crippen LogP contribution in [0.25, 0.3) is 0 Å². The SMILES string of the molecule is CCC(C)(C(=O)O)n1nnnc1C1CCCCC1(C)C. The molecule has 0 spiro atoms. The average Bonchev–Trinajstić information content (AvgIpc) is 2.86. The summed E-state index contributed by atoms with van der Waals surface area (Å²) in [5.41, 5.74) is -0.968. The van der Waals surface area contributed by atoms with E-state index in [9.17, 15) is 9.90 Å². The number of hydrogen-bond donors (Lipinski definition) is 1. The van der Waals surface area contributed by atoms with Gasteiger partial charge in [-0.15, -0.1) is 5.10 Å². The van der Waals surface area contributed by atoms with Gasteiger partial charge in [0.05, 0.1) is 0 Å². The zero-order valence-corrected chi connectivity index (χ0v) is 12.8. The molecule has 1 fully saturated rings. The molecule has 2 unspecified atom stereocenters. The van der Waals surface area contributed by atoms with Crippen LogP contribution >= 0.6 is 0 Å². The molecule has 0 bridgehead atoms. The van der Waals surface area contributed by atoms with Crippen molar-refractivity contribution in [3.05, 3.63) is 5.82 Å². The van der Waals surface area contributed by atoms with E-state index < -0.39 is 11.5 Å². The summed E-state index contributed by atoms with van der Waals surface area (Å²) in [6.07, 6.45) is 4.96. The molecule has 1 saturated carbocycles. The first-order chi connectivity index (χ1) is 9.33. The molecule has 1 aromatic rings.